The van der Waals surface area contributed by atoms with Crippen molar-refractivity contribution >= 4 is 17.7 Å². The van der Waals surface area contributed by atoms with E-state index in [2.05, 4.69) is 6.08 Å². The molecule has 1 aliphatic carbocycles. The smallest absolute Gasteiger partial charge is 0.333 e. The Labute approximate surface area is 74.7 Å². The van der Waals surface area contributed by atoms with Crippen molar-refractivity contribution in [1.82, 2.24) is 0 Å². The SMILES string of the molecule is O=C(O)C1=C2C=CCC=C2SC1. The zero-order valence-electron chi connectivity index (χ0n) is 6.41. The first kappa shape index (κ1) is 7.68. The number of aliphatic carboxylic acids is 1. The van der Waals surface area contributed by atoms with Crippen LogP contribution >= 0.6 is 11.8 Å². The Bertz CT molecular complexity index is 323. The van der Waals surface area contributed by atoms with Crippen LogP contribution in [0.4, 0.5) is 0 Å². The molecule has 0 atom stereocenters. The second-order valence-electron chi connectivity index (χ2n) is 2.69. The molecule has 1 heterocycles. The van der Waals surface area contributed by atoms with E-state index in [1.54, 1.807) is 11.8 Å². The Hall–Kier alpha value is -0.960. The lowest BCUT2D eigenvalue weighted by Gasteiger charge is -2.03. The van der Waals surface area contributed by atoms with Crippen molar-refractivity contribution in [2.45, 2.75) is 6.42 Å². The number of allylic oxidation sites excluding steroid dienone is 4. The molecule has 12 heavy (non-hydrogen) atoms. The van der Waals surface area contributed by atoms with E-state index in [9.17, 15) is 4.79 Å². The summed E-state index contributed by atoms with van der Waals surface area (Å²) in [4.78, 5) is 11.9. The Balaban J connectivity index is 2.45. The number of hydrogen-bond acceptors (Lipinski definition) is 2. The van der Waals surface area contributed by atoms with Gasteiger partial charge in [-0.2, -0.15) is 0 Å². The second-order valence-corrected chi connectivity index (χ2v) is 3.71. The fourth-order valence-corrected chi connectivity index (χ4v) is 2.48. The molecule has 0 fully saturated rings. The zero-order valence-corrected chi connectivity index (χ0v) is 7.23. The Morgan fingerprint density at radius 1 is 1.58 bits per heavy atom. The van der Waals surface area contributed by atoms with Crippen molar-refractivity contribution < 1.29 is 9.90 Å². The summed E-state index contributed by atoms with van der Waals surface area (Å²) in [5.41, 5.74) is 1.46. The Morgan fingerprint density at radius 2 is 2.42 bits per heavy atom. The fourth-order valence-electron chi connectivity index (χ4n) is 1.34. The van der Waals surface area contributed by atoms with E-state index < -0.39 is 5.97 Å². The summed E-state index contributed by atoms with van der Waals surface area (Å²) in [6.45, 7) is 0. The lowest BCUT2D eigenvalue weighted by atomic mass is 10.0. The first-order chi connectivity index (χ1) is 5.79. The maximum Gasteiger partial charge on any atom is 0.333 e. The number of fused-ring (bicyclic) bond motifs is 1. The third-order valence-corrected chi connectivity index (χ3v) is 3.08. The lowest BCUT2D eigenvalue weighted by molar-refractivity contribution is -0.132. The molecule has 0 aromatic rings. The average molecular weight is 180 g/mol. The molecule has 0 unspecified atom stereocenters. The van der Waals surface area contributed by atoms with E-state index >= 15 is 0 Å². The van der Waals surface area contributed by atoms with Crippen molar-refractivity contribution in [2.75, 3.05) is 5.75 Å². The van der Waals surface area contributed by atoms with E-state index in [1.165, 1.54) is 0 Å². The van der Waals surface area contributed by atoms with Gasteiger partial charge in [0, 0.05) is 10.7 Å². The van der Waals surface area contributed by atoms with Crippen LogP contribution in [0.3, 0.4) is 0 Å². The van der Waals surface area contributed by atoms with E-state index in [1.807, 2.05) is 12.2 Å². The molecule has 1 aliphatic heterocycles. The van der Waals surface area contributed by atoms with Gasteiger partial charge >= 0.3 is 5.97 Å². The van der Waals surface area contributed by atoms with Crippen molar-refractivity contribution in [1.29, 1.82) is 0 Å². The van der Waals surface area contributed by atoms with E-state index in [-0.39, 0.29) is 0 Å². The predicted molar refractivity (Wildman–Crippen MR) is 49.0 cm³/mol. The molecule has 2 aliphatic rings. The van der Waals surface area contributed by atoms with Gasteiger partial charge in [0.2, 0.25) is 0 Å². The maximum atomic E-state index is 10.7. The zero-order chi connectivity index (χ0) is 8.55. The minimum Gasteiger partial charge on any atom is -0.478 e. The van der Waals surface area contributed by atoms with Gasteiger partial charge < -0.3 is 5.11 Å². The first-order valence-electron chi connectivity index (χ1n) is 3.75. The highest BCUT2D eigenvalue weighted by Gasteiger charge is 2.23. The molecule has 0 bridgehead atoms. The second kappa shape index (κ2) is 2.83. The van der Waals surface area contributed by atoms with Crippen LogP contribution in [0, 0.1) is 0 Å². The van der Waals surface area contributed by atoms with Crippen LogP contribution in [-0.2, 0) is 4.79 Å². The minimum atomic E-state index is -0.785. The third-order valence-electron chi connectivity index (χ3n) is 1.94. The molecule has 0 saturated heterocycles. The number of carbonyl (C=O) groups is 1. The molecule has 0 spiro atoms. The number of thioether (sulfide) groups is 1. The van der Waals surface area contributed by atoms with Gasteiger partial charge in [-0.3, -0.25) is 0 Å². The van der Waals surface area contributed by atoms with Crippen molar-refractivity contribution in [3.05, 3.63) is 34.3 Å². The summed E-state index contributed by atoms with van der Waals surface area (Å²) in [6, 6.07) is 0. The topological polar surface area (TPSA) is 37.3 Å². The molecule has 3 heteroatoms. The van der Waals surface area contributed by atoms with Crippen molar-refractivity contribution in [2.24, 2.45) is 0 Å². The molecule has 1 N–H and O–H groups in total. The molecule has 0 radical (unpaired) electrons. The van der Waals surface area contributed by atoms with Gasteiger partial charge in [-0.25, -0.2) is 4.79 Å². The van der Waals surface area contributed by atoms with E-state index in [4.69, 9.17) is 5.11 Å². The molecule has 0 saturated carbocycles. The van der Waals surface area contributed by atoms with Gasteiger partial charge in [0.05, 0.1) is 5.57 Å². The van der Waals surface area contributed by atoms with Gasteiger partial charge in [0.25, 0.3) is 0 Å². The predicted octanol–water partition coefficient (Wildman–Crippen LogP) is 1.96. The first-order valence-corrected chi connectivity index (χ1v) is 4.74. The third kappa shape index (κ3) is 1.10. The van der Waals surface area contributed by atoms with Crippen molar-refractivity contribution in [3.63, 3.8) is 0 Å². The Kier molecular flexibility index (Phi) is 1.81. The van der Waals surface area contributed by atoms with Crippen LogP contribution in [0.1, 0.15) is 6.42 Å². The minimum absolute atomic E-state index is 0.544. The largest absolute Gasteiger partial charge is 0.478 e. The fraction of sp³-hybridized carbons (Fsp3) is 0.222. The van der Waals surface area contributed by atoms with Crippen LogP contribution in [0.5, 0.6) is 0 Å². The Morgan fingerprint density at radius 3 is 3.17 bits per heavy atom. The molecule has 0 amide bonds. The molecule has 2 nitrogen and oxygen atoms in total. The van der Waals surface area contributed by atoms with Crippen LogP contribution < -0.4 is 0 Å². The van der Waals surface area contributed by atoms with E-state index in [0.717, 1.165) is 16.9 Å². The molecule has 2 rings (SSSR count). The quantitative estimate of drug-likeness (QED) is 0.670. The summed E-state index contributed by atoms with van der Waals surface area (Å²) in [5, 5.41) is 8.82. The molecule has 0 aromatic heterocycles. The molecule has 0 aromatic carbocycles. The summed E-state index contributed by atoms with van der Waals surface area (Å²) >= 11 is 1.62. The highest BCUT2D eigenvalue weighted by molar-refractivity contribution is 8.03. The van der Waals surface area contributed by atoms with Gasteiger partial charge in [-0.05, 0) is 12.0 Å². The number of rotatable bonds is 1. The highest BCUT2D eigenvalue weighted by Crippen LogP contribution is 2.39. The summed E-state index contributed by atoms with van der Waals surface area (Å²) < 4.78 is 0. The van der Waals surface area contributed by atoms with Gasteiger partial charge in [0.1, 0.15) is 0 Å². The molecule has 62 valence electrons. The summed E-state index contributed by atoms with van der Waals surface area (Å²) in [5.74, 6) is -0.173. The summed E-state index contributed by atoms with van der Waals surface area (Å²) in [7, 11) is 0. The number of carboxylic acid groups (broad SMARTS) is 1. The summed E-state index contributed by atoms with van der Waals surface area (Å²) in [6.07, 6.45) is 6.92. The standard InChI is InChI=1S/C9H8O2S/c10-9(11)7-5-12-8-4-2-1-3-6(7)8/h1,3-4H,2,5H2,(H,10,11). The van der Waals surface area contributed by atoms with Crippen LogP contribution in [0.2, 0.25) is 0 Å². The highest BCUT2D eigenvalue weighted by atomic mass is 32.2. The van der Waals surface area contributed by atoms with Crippen molar-refractivity contribution in [3.8, 4) is 0 Å². The number of hydrogen-bond donors (Lipinski definition) is 1. The van der Waals surface area contributed by atoms with Gasteiger partial charge in [-0.1, -0.05) is 18.2 Å². The lowest BCUT2D eigenvalue weighted by Crippen LogP contribution is -2.02. The molecular weight excluding hydrogens is 172 g/mol. The van der Waals surface area contributed by atoms with E-state index in [0.29, 0.717) is 11.3 Å². The monoisotopic (exact) mass is 180 g/mol. The normalized spacial score (nSPS) is 20.8. The van der Waals surface area contributed by atoms with Gasteiger partial charge in [0.15, 0.2) is 0 Å². The van der Waals surface area contributed by atoms with Crippen LogP contribution in [0.15, 0.2) is 34.3 Å². The number of carboxylic acids is 1. The maximum absolute atomic E-state index is 10.7. The van der Waals surface area contributed by atoms with Crippen LogP contribution in [0.25, 0.3) is 0 Å². The van der Waals surface area contributed by atoms with Crippen LogP contribution in [-0.4, -0.2) is 16.8 Å². The molecular formula is C9H8O2S. The average Bonchev–Trinajstić information content (AvgIpc) is 2.47. The van der Waals surface area contributed by atoms with Gasteiger partial charge in [-0.15, -0.1) is 11.8 Å².